The highest BCUT2D eigenvalue weighted by Crippen LogP contribution is 2.63. The number of rotatable bonds is 12. The number of nitrogens with zero attached hydrogens (tertiary/aromatic N) is 1. The summed E-state index contributed by atoms with van der Waals surface area (Å²) in [6.45, 7) is 2.43. The van der Waals surface area contributed by atoms with Crippen LogP contribution in [0.25, 0.3) is 66.8 Å². The molecule has 0 saturated heterocycles. The molecule has 370 valence electrons. The molecule has 2 aliphatic rings. The van der Waals surface area contributed by atoms with E-state index in [0.29, 0.717) is 0 Å². The highest BCUT2D eigenvalue weighted by Gasteiger charge is 2.51. The molecule has 12 aromatic carbocycles. The van der Waals surface area contributed by atoms with Crippen molar-refractivity contribution in [2.45, 2.75) is 30.6 Å². The molecule has 1 nitrogen and oxygen atoms in total. The predicted octanol–water partition coefficient (Wildman–Crippen LogP) is 20.3. The summed E-state index contributed by atoms with van der Waals surface area (Å²) >= 11 is 0. The van der Waals surface area contributed by atoms with Crippen LogP contribution < -0.4 is 4.90 Å². The van der Waals surface area contributed by atoms with Crippen LogP contribution in [0.15, 0.2) is 303 Å². The molecule has 12 aromatic rings. The Morgan fingerprint density at radius 3 is 1.06 bits per heavy atom. The Balaban J connectivity index is 0.920. The van der Waals surface area contributed by atoms with Crippen LogP contribution in [0.5, 0.6) is 0 Å². The molecule has 0 fully saturated rings. The van der Waals surface area contributed by atoms with Gasteiger partial charge in [0.15, 0.2) is 0 Å². The van der Waals surface area contributed by atoms with Gasteiger partial charge in [-0.2, -0.15) is 0 Å². The van der Waals surface area contributed by atoms with Crippen molar-refractivity contribution >= 4 is 17.1 Å². The molecule has 0 aromatic heterocycles. The molecule has 0 heterocycles. The second kappa shape index (κ2) is 19.9. The monoisotopic (exact) mass is 995 g/mol. The molecule has 14 rings (SSSR count). The van der Waals surface area contributed by atoms with Crippen LogP contribution in [0.3, 0.4) is 0 Å². The molecule has 0 N–H and O–H groups in total. The Morgan fingerprint density at radius 2 is 0.615 bits per heavy atom. The van der Waals surface area contributed by atoms with Crippen molar-refractivity contribution in [2.75, 3.05) is 4.90 Å². The van der Waals surface area contributed by atoms with E-state index in [0.717, 1.165) is 23.5 Å². The lowest BCUT2D eigenvalue weighted by atomic mass is 9.70. The van der Waals surface area contributed by atoms with Crippen molar-refractivity contribution in [3.8, 4) is 66.8 Å². The van der Waals surface area contributed by atoms with Crippen LogP contribution in [0, 0.1) is 0 Å². The first-order chi connectivity index (χ1) is 38.6. The molecular formula is C77H57N. The van der Waals surface area contributed by atoms with E-state index in [1.807, 2.05) is 0 Å². The lowest BCUT2D eigenvalue weighted by Gasteiger charge is -2.31. The molecule has 0 amide bonds. The minimum atomic E-state index is -0.477. The van der Waals surface area contributed by atoms with Crippen LogP contribution in [0.1, 0.15) is 57.7 Å². The van der Waals surface area contributed by atoms with Crippen molar-refractivity contribution in [3.05, 3.63) is 342 Å². The van der Waals surface area contributed by atoms with E-state index in [-0.39, 0.29) is 11.8 Å². The van der Waals surface area contributed by atoms with Gasteiger partial charge in [-0.15, -0.1) is 0 Å². The molecule has 2 aliphatic carbocycles. The van der Waals surface area contributed by atoms with Gasteiger partial charge >= 0.3 is 0 Å². The third-order valence-corrected chi connectivity index (χ3v) is 16.9. The minimum Gasteiger partial charge on any atom is -0.310 e. The number of anilines is 3. The second-order valence-corrected chi connectivity index (χ2v) is 21.2. The van der Waals surface area contributed by atoms with E-state index in [2.05, 4.69) is 315 Å². The average molecular weight is 996 g/mol. The first-order valence-electron chi connectivity index (χ1n) is 27.5. The normalized spacial score (nSPS) is 13.2. The molecule has 0 radical (unpaired) electrons. The molecule has 0 aliphatic heterocycles. The maximum absolute atomic E-state index is 2.56. The molecule has 0 saturated carbocycles. The van der Waals surface area contributed by atoms with Crippen LogP contribution in [-0.2, 0) is 11.8 Å². The van der Waals surface area contributed by atoms with E-state index in [4.69, 9.17) is 0 Å². The predicted molar refractivity (Wildman–Crippen MR) is 327 cm³/mol. The second-order valence-electron chi connectivity index (χ2n) is 21.2. The first-order valence-corrected chi connectivity index (χ1v) is 27.5. The molecule has 78 heavy (non-hydrogen) atoms. The van der Waals surface area contributed by atoms with Gasteiger partial charge in [0.1, 0.15) is 0 Å². The summed E-state index contributed by atoms with van der Waals surface area (Å²) in [5.41, 5.74) is 27.2. The van der Waals surface area contributed by atoms with Gasteiger partial charge in [-0.1, -0.05) is 274 Å². The summed E-state index contributed by atoms with van der Waals surface area (Å²) in [6.07, 6.45) is 0.877. The van der Waals surface area contributed by atoms with Gasteiger partial charge in [-0.05, 0) is 160 Å². The number of benzene rings is 12. The smallest absolute Gasteiger partial charge is 0.0725 e. The van der Waals surface area contributed by atoms with E-state index in [1.165, 1.54) is 106 Å². The van der Waals surface area contributed by atoms with Gasteiger partial charge in [0.05, 0.1) is 5.41 Å². The van der Waals surface area contributed by atoms with E-state index < -0.39 is 5.41 Å². The van der Waals surface area contributed by atoms with Gasteiger partial charge in [0.25, 0.3) is 0 Å². The van der Waals surface area contributed by atoms with E-state index in [1.54, 1.807) is 0 Å². The Labute approximate surface area is 459 Å². The highest BCUT2D eigenvalue weighted by molar-refractivity contribution is 5.97. The minimum absolute atomic E-state index is 0.206. The summed E-state index contributed by atoms with van der Waals surface area (Å²) in [7, 11) is 0. The summed E-state index contributed by atoms with van der Waals surface area (Å²) in [5.74, 6) is 0.442. The zero-order valence-electron chi connectivity index (χ0n) is 43.7. The summed E-state index contributed by atoms with van der Waals surface area (Å²) in [6, 6.07) is 113. The summed E-state index contributed by atoms with van der Waals surface area (Å²) < 4.78 is 0. The summed E-state index contributed by atoms with van der Waals surface area (Å²) in [4.78, 5) is 2.44. The lowest BCUT2D eigenvalue weighted by Crippen LogP contribution is -2.26. The quantitative estimate of drug-likeness (QED) is 0.118. The van der Waals surface area contributed by atoms with E-state index >= 15 is 0 Å². The first kappa shape index (κ1) is 46.9. The SMILES string of the molecule is CC(c1ccc(-c2ccccc2)cc1)C(Cc1ccc2c(c1)-c1cc(N(c3ccc(-c4ccccc4)cc3)c3ccc(-c4ccccc4)cc3)ccc1C21c2ccccc2-c2ccccc21)c1ccc(-c2ccccc2)cc1. The molecule has 2 atom stereocenters. The Morgan fingerprint density at radius 1 is 0.282 bits per heavy atom. The molecule has 0 bridgehead atoms. The largest absolute Gasteiger partial charge is 0.310 e. The molecule has 2 unspecified atom stereocenters. The lowest BCUT2D eigenvalue weighted by molar-refractivity contribution is 0.572. The van der Waals surface area contributed by atoms with Crippen LogP contribution >= 0.6 is 0 Å². The van der Waals surface area contributed by atoms with Gasteiger partial charge in [0, 0.05) is 17.1 Å². The third-order valence-electron chi connectivity index (χ3n) is 16.9. The Kier molecular flexibility index (Phi) is 11.9. The van der Waals surface area contributed by atoms with Gasteiger partial charge in [0.2, 0.25) is 0 Å². The molecule has 1 spiro atoms. The number of hydrogen-bond acceptors (Lipinski definition) is 1. The van der Waals surface area contributed by atoms with Crippen molar-refractivity contribution < 1.29 is 0 Å². The fourth-order valence-electron chi connectivity index (χ4n) is 13.0. The Bertz CT molecular complexity index is 3940. The highest BCUT2D eigenvalue weighted by atomic mass is 15.1. The fraction of sp³-hybridized carbons (Fsp3) is 0.0649. The van der Waals surface area contributed by atoms with Crippen LogP contribution in [0.2, 0.25) is 0 Å². The standard InChI is InChI=1S/C77H57N/c1-53(55-31-33-60(34-32-55)56-18-6-2-7-19-56)70(64-37-35-61(36-38-64)57-20-8-3-9-21-57)50-54-30-48-75-71(51-54)72-52-67(47-49-76(72)77(75)73-28-16-14-26-68(73)69-27-15-17-29-74(69)77)78(65-43-39-62(40-44-65)58-22-10-4-11-23-58)66-45-41-63(42-46-66)59-24-12-5-13-25-59/h2-49,51-53,70H,50H2,1H3. The van der Waals surface area contributed by atoms with Crippen molar-refractivity contribution in [3.63, 3.8) is 0 Å². The topological polar surface area (TPSA) is 3.24 Å². The Hall–Kier alpha value is -9.56. The van der Waals surface area contributed by atoms with Gasteiger partial charge < -0.3 is 4.90 Å². The molecular weight excluding hydrogens is 939 g/mol. The van der Waals surface area contributed by atoms with Crippen LogP contribution in [0.4, 0.5) is 17.1 Å². The fourth-order valence-corrected chi connectivity index (χ4v) is 13.0. The van der Waals surface area contributed by atoms with Crippen LogP contribution in [-0.4, -0.2) is 0 Å². The maximum atomic E-state index is 2.56. The van der Waals surface area contributed by atoms with Crippen molar-refractivity contribution in [1.29, 1.82) is 0 Å². The third kappa shape index (κ3) is 8.19. The van der Waals surface area contributed by atoms with Crippen molar-refractivity contribution in [2.24, 2.45) is 0 Å². The van der Waals surface area contributed by atoms with Crippen molar-refractivity contribution in [1.82, 2.24) is 0 Å². The number of hydrogen-bond donors (Lipinski definition) is 0. The molecule has 1 heteroatoms. The van der Waals surface area contributed by atoms with E-state index in [9.17, 15) is 0 Å². The number of fused-ring (bicyclic) bond motifs is 10. The average Bonchev–Trinajstić information content (AvgIpc) is 4.18. The zero-order chi connectivity index (χ0) is 52.0. The zero-order valence-corrected chi connectivity index (χ0v) is 43.7. The van der Waals surface area contributed by atoms with Gasteiger partial charge in [-0.3, -0.25) is 0 Å². The maximum Gasteiger partial charge on any atom is 0.0725 e. The summed E-state index contributed by atoms with van der Waals surface area (Å²) in [5, 5.41) is 0. The van der Waals surface area contributed by atoms with Gasteiger partial charge in [-0.25, -0.2) is 0 Å².